The summed E-state index contributed by atoms with van der Waals surface area (Å²) in [6.07, 6.45) is 0.338. The van der Waals surface area contributed by atoms with Crippen LogP contribution >= 0.6 is 0 Å². The maximum absolute atomic E-state index is 9.01. The Balaban J connectivity index is 2.78. The first-order chi connectivity index (χ1) is 9.47. The van der Waals surface area contributed by atoms with E-state index >= 15 is 0 Å². The summed E-state index contributed by atoms with van der Waals surface area (Å²) in [5.41, 5.74) is 3.46. The van der Waals surface area contributed by atoms with E-state index < -0.39 is 0 Å². The molecule has 0 heterocycles. The fourth-order valence-electron chi connectivity index (χ4n) is 2.18. The number of aryl methyl sites for hydroxylation is 2. The molecule has 3 heteroatoms. The van der Waals surface area contributed by atoms with Gasteiger partial charge in [0, 0.05) is 6.54 Å². The number of nitrogens with zero attached hydrogens (tertiary/aromatic N) is 1. The molecule has 1 atom stereocenters. The fraction of sp³-hybridized carbons (Fsp3) is 0.588. The molecule has 0 amide bonds. The summed E-state index contributed by atoms with van der Waals surface area (Å²) in [6, 6.07) is 6.46. The van der Waals surface area contributed by atoms with E-state index in [0.717, 1.165) is 30.0 Å². The zero-order valence-electron chi connectivity index (χ0n) is 13.3. The summed E-state index contributed by atoms with van der Waals surface area (Å²) in [5.74, 6) is 1.51. The van der Waals surface area contributed by atoms with Gasteiger partial charge in [0.2, 0.25) is 0 Å². The minimum atomic E-state index is -0.364. The molecule has 0 saturated heterocycles. The lowest BCUT2D eigenvalue weighted by molar-refractivity contribution is 0.248. The van der Waals surface area contributed by atoms with Crippen molar-refractivity contribution in [2.75, 3.05) is 6.54 Å². The molecule has 1 N–H and O–H groups in total. The molecule has 0 aliphatic heterocycles. The quantitative estimate of drug-likeness (QED) is 0.824. The number of hydrogen-bond donors (Lipinski definition) is 1. The van der Waals surface area contributed by atoms with Crippen LogP contribution in [0.15, 0.2) is 12.1 Å². The van der Waals surface area contributed by atoms with Gasteiger partial charge in [-0.2, -0.15) is 5.26 Å². The van der Waals surface area contributed by atoms with Crippen LogP contribution in [0.3, 0.4) is 0 Å². The van der Waals surface area contributed by atoms with E-state index in [0.29, 0.717) is 12.3 Å². The average Bonchev–Trinajstić information content (AvgIpc) is 2.38. The second-order valence-electron chi connectivity index (χ2n) is 5.73. The lowest BCUT2D eigenvalue weighted by atomic mass is 10.1. The first-order valence-electron chi connectivity index (χ1n) is 7.35. The first kappa shape index (κ1) is 16.5. The van der Waals surface area contributed by atoms with Crippen LogP contribution in [0.5, 0.6) is 5.75 Å². The number of hydrogen-bond acceptors (Lipinski definition) is 3. The molecule has 0 aliphatic rings. The van der Waals surface area contributed by atoms with Crippen molar-refractivity contribution in [2.24, 2.45) is 5.92 Å². The van der Waals surface area contributed by atoms with Crippen molar-refractivity contribution in [3.8, 4) is 11.8 Å². The van der Waals surface area contributed by atoms with Crippen LogP contribution in [0.1, 0.15) is 43.9 Å². The maximum atomic E-state index is 9.01. The van der Waals surface area contributed by atoms with Gasteiger partial charge in [-0.05, 0) is 49.4 Å². The second kappa shape index (κ2) is 7.91. The van der Waals surface area contributed by atoms with Crippen LogP contribution in [-0.4, -0.2) is 12.6 Å². The smallest absolute Gasteiger partial charge is 0.184 e. The summed E-state index contributed by atoms with van der Waals surface area (Å²) in [5, 5.41) is 12.5. The van der Waals surface area contributed by atoms with Crippen LogP contribution in [0.4, 0.5) is 0 Å². The van der Waals surface area contributed by atoms with Crippen LogP contribution in [0.2, 0.25) is 0 Å². The van der Waals surface area contributed by atoms with Gasteiger partial charge in [-0.25, -0.2) is 0 Å². The minimum Gasteiger partial charge on any atom is -0.475 e. The van der Waals surface area contributed by atoms with Crippen molar-refractivity contribution < 1.29 is 4.74 Å². The van der Waals surface area contributed by atoms with E-state index in [-0.39, 0.29) is 6.10 Å². The molecule has 0 aromatic heterocycles. The van der Waals surface area contributed by atoms with Gasteiger partial charge in [-0.3, -0.25) is 0 Å². The van der Waals surface area contributed by atoms with E-state index in [1.54, 1.807) is 0 Å². The van der Waals surface area contributed by atoms with Gasteiger partial charge in [0.1, 0.15) is 11.8 Å². The highest BCUT2D eigenvalue weighted by Gasteiger charge is 2.12. The standard InChI is InChI=1S/C17H26N2O/c1-6-16(9-18)20-17-13(4)7-15(8-14(17)5)11-19-10-12(2)3/h7-8,12,16,19H,6,10-11H2,1-5H3. The summed E-state index contributed by atoms with van der Waals surface area (Å²) in [6.45, 7) is 12.3. The Morgan fingerprint density at radius 2 is 1.85 bits per heavy atom. The molecule has 0 radical (unpaired) electrons. The zero-order valence-corrected chi connectivity index (χ0v) is 13.3. The Labute approximate surface area is 123 Å². The van der Waals surface area contributed by atoms with Crippen LogP contribution in [0, 0.1) is 31.1 Å². The predicted octanol–water partition coefficient (Wildman–Crippen LogP) is 3.73. The highest BCUT2D eigenvalue weighted by molar-refractivity contribution is 5.43. The van der Waals surface area contributed by atoms with Gasteiger partial charge >= 0.3 is 0 Å². The molecule has 1 aromatic rings. The molecule has 1 rings (SSSR count). The van der Waals surface area contributed by atoms with Crippen molar-refractivity contribution in [1.29, 1.82) is 5.26 Å². The molecule has 0 aliphatic carbocycles. The van der Waals surface area contributed by atoms with Crippen LogP contribution < -0.4 is 10.1 Å². The number of nitriles is 1. The lowest BCUT2D eigenvalue weighted by Crippen LogP contribution is -2.19. The third-order valence-corrected chi connectivity index (χ3v) is 3.18. The predicted molar refractivity (Wildman–Crippen MR) is 82.8 cm³/mol. The Morgan fingerprint density at radius 3 is 2.30 bits per heavy atom. The molecule has 3 nitrogen and oxygen atoms in total. The van der Waals surface area contributed by atoms with Gasteiger partial charge in [0.25, 0.3) is 0 Å². The second-order valence-corrected chi connectivity index (χ2v) is 5.73. The van der Waals surface area contributed by atoms with E-state index in [4.69, 9.17) is 10.00 Å². The van der Waals surface area contributed by atoms with Crippen molar-refractivity contribution >= 4 is 0 Å². The third-order valence-electron chi connectivity index (χ3n) is 3.18. The van der Waals surface area contributed by atoms with Crippen LogP contribution in [-0.2, 0) is 6.54 Å². The minimum absolute atomic E-state index is 0.364. The highest BCUT2D eigenvalue weighted by Crippen LogP contribution is 2.26. The fourth-order valence-corrected chi connectivity index (χ4v) is 2.18. The van der Waals surface area contributed by atoms with Crippen LogP contribution in [0.25, 0.3) is 0 Å². The van der Waals surface area contributed by atoms with Crippen molar-refractivity contribution in [3.63, 3.8) is 0 Å². The summed E-state index contributed by atoms with van der Waals surface area (Å²) >= 11 is 0. The van der Waals surface area contributed by atoms with E-state index in [1.807, 2.05) is 20.8 Å². The number of ether oxygens (including phenoxy) is 1. The normalized spacial score (nSPS) is 12.2. The molecule has 20 heavy (non-hydrogen) atoms. The molecular weight excluding hydrogens is 248 g/mol. The van der Waals surface area contributed by atoms with Gasteiger partial charge < -0.3 is 10.1 Å². The molecule has 0 bridgehead atoms. The maximum Gasteiger partial charge on any atom is 0.184 e. The molecular formula is C17H26N2O. The Hall–Kier alpha value is -1.53. The monoisotopic (exact) mass is 274 g/mol. The SMILES string of the molecule is CCC(C#N)Oc1c(C)cc(CNCC(C)C)cc1C. The number of benzene rings is 1. The molecule has 110 valence electrons. The van der Waals surface area contributed by atoms with Gasteiger partial charge in [0.15, 0.2) is 6.10 Å². The summed E-state index contributed by atoms with van der Waals surface area (Å²) in [7, 11) is 0. The topological polar surface area (TPSA) is 45.0 Å². The van der Waals surface area contributed by atoms with Crippen molar-refractivity contribution in [2.45, 2.75) is 53.7 Å². The number of nitrogens with one attached hydrogen (secondary N) is 1. The molecule has 0 fully saturated rings. The molecule has 0 spiro atoms. The van der Waals surface area contributed by atoms with Crippen molar-refractivity contribution in [1.82, 2.24) is 5.32 Å². The summed E-state index contributed by atoms with van der Waals surface area (Å²) < 4.78 is 5.79. The van der Waals surface area contributed by atoms with E-state index in [2.05, 4.69) is 37.4 Å². The highest BCUT2D eigenvalue weighted by atomic mass is 16.5. The molecule has 0 saturated carbocycles. The van der Waals surface area contributed by atoms with Gasteiger partial charge in [0.05, 0.1) is 0 Å². The van der Waals surface area contributed by atoms with E-state index in [9.17, 15) is 0 Å². The zero-order chi connectivity index (χ0) is 15.1. The Kier molecular flexibility index (Phi) is 6.54. The average molecular weight is 274 g/mol. The third kappa shape index (κ3) is 4.86. The first-order valence-corrected chi connectivity index (χ1v) is 7.35. The Morgan fingerprint density at radius 1 is 1.25 bits per heavy atom. The van der Waals surface area contributed by atoms with Gasteiger partial charge in [-0.1, -0.05) is 32.9 Å². The van der Waals surface area contributed by atoms with Crippen molar-refractivity contribution in [3.05, 3.63) is 28.8 Å². The molecule has 1 aromatic carbocycles. The number of rotatable bonds is 7. The lowest BCUT2D eigenvalue weighted by Gasteiger charge is -2.17. The van der Waals surface area contributed by atoms with E-state index in [1.165, 1.54) is 5.56 Å². The molecule has 1 unspecified atom stereocenters. The largest absolute Gasteiger partial charge is 0.475 e. The summed E-state index contributed by atoms with van der Waals surface area (Å²) in [4.78, 5) is 0. The van der Waals surface area contributed by atoms with Gasteiger partial charge in [-0.15, -0.1) is 0 Å². The Bertz CT molecular complexity index is 451.